The van der Waals surface area contributed by atoms with Gasteiger partial charge in [-0.3, -0.25) is 0 Å². The second kappa shape index (κ2) is 3.95. The van der Waals surface area contributed by atoms with Crippen LogP contribution in [0.4, 0.5) is 4.39 Å². The smallest absolute Gasteiger partial charge is 0.123 e. The van der Waals surface area contributed by atoms with Gasteiger partial charge in [-0.1, -0.05) is 12.1 Å². The molecule has 0 nitrogen and oxygen atoms in total. The Bertz CT molecular complexity index is 363. The van der Waals surface area contributed by atoms with Crippen LogP contribution in [0.3, 0.4) is 0 Å². The van der Waals surface area contributed by atoms with Gasteiger partial charge in [0.25, 0.3) is 0 Å². The van der Waals surface area contributed by atoms with Crippen LogP contribution in [0.5, 0.6) is 0 Å². The lowest BCUT2D eigenvalue weighted by atomic mass is 9.91. The number of halogens is 1. The summed E-state index contributed by atoms with van der Waals surface area (Å²) in [7, 11) is 0. The molecule has 0 unspecified atom stereocenters. The minimum absolute atomic E-state index is 0.136. The van der Waals surface area contributed by atoms with E-state index in [-0.39, 0.29) is 5.82 Å². The molecule has 0 fully saturated rings. The molecular weight excluding hydrogens is 175 g/mol. The first-order valence-corrected chi connectivity index (χ1v) is 5.23. The lowest BCUT2D eigenvalue weighted by molar-refractivity contribution is 0.626. The number of rotatable bonds is 1. The summed E-state index contributed by atoms with van der Waals surface area (Å²) in [5, 5.41) is 0. The monoisotopic (exact) mass is 190 g/mol. The molecule has 1 heteroatoms. The molecule has 1 aromatic rings. The van der Waals surface area contributed by atoms with Crippen LogP contribution in [0.1, 0.15) is 36.8 Å². The summed E-state index contributed by atoms with van der Waals surface area (Å²) >= 11 is 0. The molecule has 0 saturated heterocycles. The largest absolute Gasteiger partial charge is 0.207 e. The van der Waals surface area contributed by atoms with Gasteiger partial charge in [-0.2, -0.15) is 0 Å². The molecule has 0 amide bonds. The maximum Gasteiger partial charge on any atom is 0.123 e. The lowest BCUT2D eigenvalue weighted by Gasteiger charge is -2.14. The van der Waals surface area contributed by atoms with Crippen LogP contribution in [-0.2, 0) is 0 Å². The second-order valence-corrected chi connectivity index (χ2v) is 3.93. The fourth-order valence-electron chi connectivity index (χ4n) is 2.07. The summed E-state index contributed by atoms with van der Waals surface area (Å²) in [6, 6.07) is 5.07. The predicted octanol–water partition coefficient (Wildman–Crippen LogP) is 4.09. The summed E-state index contributed by atoms with van der Waals surface area (Å²) < 4.78 is 12.9. The van der Waals surface area contributed by atoms with Gasteiger partial charge in [-0.25, -0.2) is 4.39 Å². The van der Waals surface area contributed by atoms with Crippen LogP contribution in [-0.4, -0.2) is 0 Å². The molecule has 14 heavy (non-hydrogen) atoms. The molecule has 0 atom stereocenters. The number of allylic oxidation sites excluding steroid dienone is 2. The zero-order chi connectivity index (χ0) is 9.97. The van der Waals surface area contributed by atoms with Gasteiger partial charge in [-0.15, -0.1) is 0 Å². The van der Waals surface area contributed by atoms with E-state index in [1.54, 1.807) is 12.1 Å². The van der Waals surface area contributed by atoms with Crippen LogP contribution in [0.15, 0.2) is 24.3 Å². The molecule has 0 spiro atoms. The van der Waals surface area contributed by atoms with Gasteiger partial charge in [0.2, 0.25) is 0 Å². The van der Waals surface area contributed by atoms with E-state index in [4.69, 9.17) is 0 Å². The third kappa shape index (κ3) is 1.87. The van der Waals surface area contributed by atoms with E-state index in [1.165, 1.54) is 30.4 Å². The van der Waals surface area contributed by atoms with Gasteiger partial charge in [0, 0.05) is 0 Å². The molecule has 0 saturated carbocycles. The highest BCUT2D eigenvalue weighted by Crippen LogP contribution is 2.28. The van der Waals surface area contributed by atoms with Crippen molar-refractivity contribution >= 4 is 5.57 Å². The van der Waals surface area contributed by atoms with E-state index < -0.39 is 0 Å². The Labute approximate surface area is 84.5 Å². The standard InChI is InChI=1S/C13H15F/c1-10-9-12(14)7-8-13(10)11-5-3-2-4-6-11/h5,7-9H,2-4,6H2,1H3. The third-order valence-electron chi connectivity index (χ3n) is 2.83. The van der Waals surface area contributed by atoms with Gasteiger partial charge in [-0.05, 0) is 61.4 Å². The van der Waals surface area contributed by atoms with Crippen molar-refractivity contribution in [3.63, 3.8) is 0 Å². The van der Waals surface area contributed by atoms with E-state index in [0.29, 0.717) is 0 Å². The summed E-state index contributed by atoms with van der Waals surface area (Å²) in [6.45, 7) is 1.98. The maximum absolute atomic E-state index is 12.9. The van der Waals surface area contributed by atoms with Crippen LogP contribution >= 0.6 is 0 Å². The highest BCUT2D eigenvalue weighted by atomic mass is 19.1. The molecule has 0 radical (unpaired) electrons. The van der Waals surface area contributed by atoms with Crippen LogP contribution < -0.4 is 0 Å². The first-order valence-electron chi connectivity index (χ1n) is 5.23. The minimum Gasteiger partial charge on any atom is -0.207 e. The molecule has 0 heterocycles. The number of aryl methyl sites for hydroxylation is 1. The first kappa shape index (κ1) is 9.45. The summed E-state index contributed by atoms with van der Waals surface area (Å²) in [5.74, 6) is -0.136. The van der Waals surface area contributed by atoms with E-state index in [2.05, 4.69) is 6.08 Å². The Morgan fingerprint density at radius 2 is 2.07 bits per heavy atom. The molecule has 74 valence electrons. The molecule has 0 N–H and O–H groups in total. The van der Waals surface area contributed by atoms with Crippen molar-refractivity contribution in [3.8, 4) is 0 Å². The molecular formula is C13H15F. The normalized spacial score (nSPS) is 16.6. The van der Waals surface area contributed by atoms with E-state index in [9.17, 15) is 4.39 Å². The Hall–Kier alpha value is -1.11. The fraction of sp³-hybridized carbons (Fsp3) is 0.385. The van der Waals surface area contributed by atoms with Crippen molar-refractivity contribution < 1.29 is 4.39 Å². The van der Waals surface area contributed by atoms with Crippen molar-refractivity contribution in [2.75, 3.05) is 0 Å². The van der Waals surface area contributed by atoms with Gasteiger partial charge < -0.3 is 0 Å². The van der Waals surface area contributed by atoms with E-state index >= 15 is 0 Å². The van der Waals surface area contributed by atoms with Gasteiger partial charge in [0.15, 0.2) is 0 Å². The van der Waals surface area contributed by atoms with Crippen LogP contribution in [0.2, 0.25) is 0 Å². The van der Waals surface area contributed by atoms with E-state index in [0.717, 1.165) is 12.0 Å². The Morgan fingerprint density at radius 3 is 2.71 bits per heavy atom. The van der Waals surface area contributed by atoms with Crippen molar-refractivity contribution in [1.82, 2.24) is 0 Å². The van der Waals surface area contributed by atoms with Crippen molar-refractivity contribution in [2.45, 2.75) is 32.6 Å². The summed E-state index contributed by atoms with van der Waals surface area (Å²) in [6.07, 6.45) is 7.18. The van der Waals surface area contributed by atoms with Gasteiger partial charge in [0.1, 0.15) is 5.82 Å². The fourth-order valence-corrected chi connectivity index (χ4v) is 2.07. The molecule has 1 aliphatic carbocycles. The molecule has 1 aromatic carbocycles. The molecule has 2 rings (SSSR count). The summed E-state index contributed by atoms with van der Waals surface area (Å²) in [5.41, 5.74) is 3.68. The minimum atomic E-state index is -0.136. The SMILES string of the molecule is Cc1cc(F)ccc1C1=CCCCC1. The Balaban J connectivity index is 2.35. The average molecular weight is 190 g/mol. The van der Waals surface area contributed by atoms with E-state index in [1.807, 2.05) is 13.0 Å². The number of benzene rings is 1. The third-order valence-corrected chi connectivity index (χ3v) is 2.83. The number of hydrogen-bond donors (Lipinski definition) is 0. The average Bonchev–Trinajstić information content (AvgIpc) is 2.19. The second-order valence-electron chi connectivity index (χ2n) is 3.93. The topological polar surface area (TPSA) is 0 Å². The lowest BCUT2D eigenvalue weighted by Crippen LogP contribution is -1.94. The van der Waals surface area contributed by atoms with Gasteiger partial charge in [0.05, 0.1) is 0 Å². The molecule has 0 aliphatic heterocycles. The zero-order valence-corrected chi connectivity index (χ0v) is 8.52. The van der Waals surface area contributed by atoms with Crippen molar-refractivity contribution in [3.05, 3.63) is 41.2 Å². The highest BCUT2D eigenvalue weighted by Gasteiger charge is 2.08. The molecule has 0 aromatic heterocycles. The predicted molar refractivity (Wildman–Crippen MR) is 57.6 cm³/mol. The zero-order valence-electron chi connectivity index (χ0n) is 8.52. The number of hydrogen-bond acceptors (Lipinski definition) is 0. The van der Waals surface area contributed by atoms with Crippen molar-refractivity contribution in [1.29, 1.82) is 0 Å². The molecule has 0 bridgehead atoms. The van der Waals surface area contributed by atoms with Crippen LogP contribution in [0.25, 0.3) is 5.57 Å². The summed E-state index contributed by atoms with van der Waals surface area (Å²) in [4.78, 5) is 0. The van der Waals surface area contributed by atoms with Crippen molar-refractivity contribution in [2.24, 2.45) is 0 Å². The Morgan fingerprint density at radius 1 is 1.21 bits per heavy atom. The first-order chi connectivity index (χ1) is 6.77. The van der Waals surface area contributed by atoms with Crippen LogP contribution in [0, 0.1) is 12.7 Å². The Kier molecular flexibility index (Phi) is 2.67. The van der Waals surface area contributed by atoms with Gasteiger partial charge >= 0.3 is 0 Å². The highest BCUT2D eigenvalue weighted by molar-refractivity contribution is 5.68. The molecule has 1 aliphatic rings. The quantitative estimate of drug-likeness (QED) is 0.625. The maximum atomic E-state index is 12.9.